The summed E-state index contributed by atoms with van der Waals surface area (Å²) in [5.74, 6) is 0. The molecule has 0 saturated carbocycles. The number of likely N-dealkylation sites (tertiary alicyclic amines) is 1. The molecule has 2 aliphatic rings. The van der Waals surface area contributed by atoms with Gasteiger partial charge in [-0.2, -0.15) is 0 Å². The van der Waals surface area contributed by atoms with Gasteiger partial charge >= 0.3 is 6.09 Å². The van der Waals surface area contributed by atoms with Gasteiger partial charge in [-0.15, -0.1) is 0 Å². The Bertz CT molecular complexity index is 321. The van der Waals surface area contributed by atoms with Crippen molar-refractivity contribution in [3.05, 3.63) is 0 Å². The van der Waals surface area contributed by atoms with Crippen LogP contribution in [0.15, 0.2) is 5.16 Å². The lowest BCUT2D eigenvalue weighted by molar-refractivity contribution is -0.0409. The molecule has 1 N–H and O–H groups in total. The van der Waals surface area contributed by atoms with Crippen molar-refractivity contribution in [1.82, 2.24) is 4.90 Å². The standard InChI is InChI=1S/C11H18N2O4/c1-2-16-10(14)13-5-3-11(4-6-13)7-9(12-15)8-17-11/h15H,2-8H2,1H3/b12-9-. The molecule has 0 aromatic carbocycles. The molecule has 1 spiro atoms. The number of carbonyl (C=O) groups excluding carboxylic acids is 1. The molecule has 6 nitrogen and oxygen atoms in total. The Labute approximate surface area is 100 Å². The second-order valence-corrected chi connectivity index (χ2v) is 4.50. The van der Waals surface area contributed by atoms with Gasteiger partial charge in [0.15, 0.2) is 0 Å². The maximum atomic E-state index is 11.5. The monoisotopic (exact) mass is 242 g/mol. The minimum Gasteiger partial charge on any atom is -0.450 e. The second-order valence-electron chi connectivity index (χ2n) is 4.50. The molecule has 0 aromatic heterocycles. The zero-order valence-electron chi connectivity index (χ0n) is 10.0. The van der Waals surface area contributed by atoms with Gasteiger partial charge in [-0.3, -0.25) is 0 Å². The predicted molar refractivity (Wildman–Crippen MR) is 60.4 cm³/mol. The summed E-state index contributed by atoms with van der Waals surface area (Å²) < 4.78 is 10.7. The lowest BCUT2D eigenvalue weighted by Crippen LogP contribution is -2.46. The molecule has 6 heteroatoms. The van der Waals surface area contributed by atoms with Gasteiger partial charge in [0.2, 0.25) is 0 Å². The fourth-order valence-electron chi connectivity index (χ4n) is 2.41. The van der Waals surface area contributed by atoms with E-state index in [-0.39, 0.29) is 11.7 Å². The Morgan fingerprint density at radius 3 is 2.82 bits per heavy atom. The Hall–Kier alpha value is -1.30. The van der Waals surface area contributed by atoms with Crippen LogP contribution in [0.4, 0.5) is 4.79 Å². The van der Waals surface area contributed by atoms with Crippen LogP contribution >= 0.6 is 0 Å². The summed E-state index contributed by atoms with van der Waals surface area (Å²) in [5, 5.41) is 11.9. The van der Waals surface area contributed by atoms with E-state index in [1.54, 1.807) is 11.8 Å². The Balaban J connectivity index is 1.88. The van der Waals surface area contributed by atoms with Gasteiger partial charge in [-0.05, 0) is 19.8 Å². The van der Waals surface area contributed by atoms with Crippen LogP contribution < -0.4 is 0 Å². The second kappa shape index (κ2) is 4.91. The van der Waals surface area contributed by atoms with Gasteiger partial charge in [-0.1, -0.05) is 5.16 Å². The first-order valence-electron chi connectivity index (χ1n) is 5.94. The van der Waals surface area contributed by atoms with Crippen molar-refractivity contribution in [2.24, 2.45) is 5.16 Å². The molecule has 0 aliphatic carbocycles. The van der Waals surface area contributed by atoms with Crippen molar-refractivity contribution in [3.8, 4) is 0 Å². The highest BCUT2D eigenvalue weighted by molar-refractivity contribution is 5.87. The third-order valence-electron chi connectivity index (χ3n) is 3.41. The van der Waals surface area contributed by atoms with E-state index in [1.165, 1.54) is 0 Å². The highest BCUT2D eigenvalue weighted by atomic mass is 16.6. The van der Waals surface area contributed by atoms with Gasteiger partial charge in [0.25, 0.3) is 0 Å². The van der Waals surface area contributed by atoms with E-state index >= 15 is 0 Å². The third kappa shape index (κ3) is 2.52. The number of carbonyl (C=O) groups is 1. The molecular weight excluding hydrogens is 224 g/mol. The molecule has 17 heavy (non-hydrogen) atoms. The number of hydrogen-bond donors (Lipinski definition) is 1. The molecule has 2 saturated heterocycles. The molecule has 2 fully saturated rings. The summed E-state index contributed by atoms with van der Waals surface area (Å²) in [6.07, 6.45) is 1.95. The zero-order valence-corrected chi connectivity index (χ0v) is 10.0. The molecule has 2 rings (SSSR count). The number of ether oxygens (including phenoxy) is 2. The van der Waals surface area contributed by atoms with E-state index in [9.17, 15) is 4.79 Å². The van der Waals surface area contributed by atoms with E-state index in [0.29, 0.717) is 38.4 Å². The number of amides is 1. The van der Waals surface area contributed by atoms with E-state index in [1.807, 2.05) is 0 Å². The summed E-state index contributed by atoms with van der Waals surface area (Å²) >= 11 is 0. The van der Waals surface area contributed by atoms with Crippen molar-refractivity contribution < 1.29 is 19.5 Å². The quantitative estimate of drug-likeness (QED) is 0.554. The van der Waals surface area contributed by atoms with Gasteiger partial charge in [0.1, 0.15) is 0 Å². The maximum absolute atomic E-state index is 11.5. The van der Waals surface area contributed by atoms with Gasteiger partial charge in [0.05, 0.1) is 24.5 Å². The molecule has 0 aromatic rings. The van der Waals surface area contributed by atoms with Gasteiger partial charge in [-0.25, -0.2) is 4.79 Å². The summed E-state index contributed by atoms with van der Waals surface area (Å²) in [6.45, 7) is 3.87. The predicted octanol–water partition coefficient (Wildman–Crippen LogP) is 1.23. The van der Waals surface area contributed by atoms with Crippen LogP contribution in [0.25, 0.3) is 0 Å². The molecule has 0 atom stereocenters. The van der Waals surface area contributed by atoms with Crippen LogP contribution in [0.2, 0.25) is 0 Å². The van der Waals surface area contributed by atoms with Crippen LogP contribution in [-0.4, -0.2) is 53.8 Å². The van der Waals surface area contributed by atoms with Crippen LogP contribution in [0.5, 0.6) is 0 Å². The fraction of sp³-hybridized carbons (Fsp3) is 0.818. The Morgan fingerprint density at radius 2 is 2.29 bits per heavy atom. The van der Waals surface area contributed by atoms with Crippen molar-refractivity contribution in [2.75, 3.05) is 26.3 Å². The number of hydrogen-bond acceptors (Lipinski definition) is 5. The molecule has 2 heterocycles. The van der Waals surface area contributed by atoms with E-state index in [4.69, 9.17) is 14.7 Å². The normalized spacial score (nSPS) is 25.5. The Morgan fingerprint density at radius 1 is 1.59 bits per heavy atom. The number of piperidine rings is 1. The largest absolute Gasteiger partial charge is 0.450 e. The van der Waals surface area contributed by atoms with Crippen molar-refractivity contribution in [3.63, 3.8) is 0 Å². The molecule has 0 bridgehead atoms. The minimum absolute atomic E-state index is 0.232. The summed E-state index contributed by atoms with van der Waals surface area (Å²) in [5.41, 5.74) is 0.458. The first-order chi connectivity index (χ1) is 8.19. The molecule has 0 radical (unpaired) electrons. The molecule has 1 amide bonds. The number of rotatable bonds is 1. The summed E-state index contributed by atoms with van der Waals surface area (Å²) in [6, 6.07) is 0. The summed E-state index contributed by atoms with van der Waals surface area (Å²) in [7, 11) is 0. The van der Waals surface area contributed by atoms with E-state index in [0.717, 1.165) is 12.8 Å². The van der Waals surface area contributed by atoms with E-state index in [2.05, 4.69) is 5.16 Å². The van der Waals surface area contributed by atoms with Crippen LogP contribution in [0, 0.1) is 0 Å². The van der Waals surface area contributed by atoms with Crippen LogP contribution in [0.3, 0.4) is 0 Å². The van der Waals surface area contributed by atoms with Crippen LogP contribution in [0.1, 0.15) is 26.2 Å². The molecule has 2 aliphatic heterocycles. The zero-order chi connectivity index (χ0) is 12.3. The molecule has 96 valence electrons. The average Bonchev–Trinajstić information content (AvgIpc) is 2.74. The summed E-state index contributed by atoms with van der Waals surface area (Å²) in [4.78, 5) is 13.2. The van der Waals surface area contributed by atoms with Crippen molar-refractivity contribution >= 4 is 11.8 Å². The molecule has 0 unspecified atom stereocenters. The van der Waals surface area contributed by atoms with E-state index < -0.39 is 0 Å². The SMILES string of the molecule is CCOC(=O)N1CCC2(CC1)C/C(=N/O)CO2. The smallest absolute Gasteiger partial charge is 0.409 e. The lowest BCUT2D eigenvalue weighted by Gasteiger charge is -2.37. The third-order valence-corrected chi connectivity index (χ3v) is 3.41. The molecular formula is C11H18N2O4. The minimum atomic E-state index is -0.253. The van der Waals surface area contributed by atoms with Gasteiger partial charge < -0.3 is 19.6 Å². The van der Waals surface area contributed by atoms with Crippen molar-refractivity contribution in [1.29, 1.82) is 0 Å². The van der Waals surface area contributed by atoms with Gasteiger partial charge in [0, 0.05) is 19.5 Å². The van der Waals surface area contributed by atoms with Crippen LogP contribution in [-0.2, 0) is 9.47 Å². The number of nitrogens with zero attached hydrogens (tertiary/aromatic N) is 2. The average molecular weight is 242 g/mol. The first-order valence-corrected chi connectivity index (χ1v) is 5.94. The number of oxime groups is 1. The fourth-order valence-corrected chi connectivity index (χ4v) is 2.41. The van der Waals surface area contributed by atoms with Crippen molar-refractivity contribution in [2.45, 2.75) is 31.8 Å². The maximum Gasteiger partial charge on any atom is 0.409 e. The first kappa shape index (κ1) is 12.2. The topological polar surface area (TPSA) is 71.4 Å². The highest BCUT2D eigenvalue weighted by Gasteiger charge is 2.42. The lowest BCUT2D eigenvalue weighted by atomic mass is 9.88. The Kier molecular flexibility index (Phi) is 3.51. The highest BCUT2D eigenvalue weighted by Crippen LogP contribution is 2.34.